The van der Waals surface area contributed by atoms with E-state index in [9.17, 15) is 8.42 Å². The molecular formula is C17H22IN5O2S. The Bertz CT molecular complexity index is 852. The second kappa shape index (κ2) is 8.49. The van der Waals surface area contributed by atoms with Crippen LogP contribution in [0, 0.1) is 10.5 Å². The Kier molecular flexibility index (Phi) is 6.30. The van der Waals surface area contributed by atoms with E-state index in [1.54, 1.807) is 24.3 Å². The minimum absolute atomic E-state index is 0.255. The smallest absolute Gasteiger partial charge is 0.240 e. The number of hydrogen-bond acceptors (Lipinski definition) is 6. The van der Waals surface area contributed by atoms with Crippen LogP contribution in [0.5, 0.6) is 0 Å². The van der Waals surface area contributed by atoms with E-state index in [-0.39, 0.29) is 11.4 Å². The predicted molar refractivity (Wildman–Crippen MR) is 111 cm³/mol. The Morgan fingerprint density at radius 3 is 2.50 bits per heavy atom. The molecule has 1 aliphatic rings. The SMILES string of the molecule is Cc1cc(N2CCCC2)nc(NCCNS(=O)(=O)c2ccc(I)cc2)n1. The third-order valence-corrected chi connectivity index (χ3v) is 6.29. The highest BCUT2D eigenvalue weighted by atomic mass is 127. The van der Waals surface area contributed by atoms with Gasteiger partial charge in [0, 0.05) is 41.5 Å². The van der Waals surface area contributed by atoms with E-state index >= 15 is 0 Å². The lowest BCUT2D eigenvalue weighted by atomic mass is 10.4. The molecule has 9 heteroatoms. The van der Waals surface area contributed by atoms with Crippen molar-refractivity contribution in [3.05, 3.63) is 39.6 Å². The summed E-state index contributed by atoms with van der Waals surface area (Å²) in [5.41, 5.74) is 0.892. The molecule has 0 spiro atoms. The van der Waals surface area contributed by atoms with E-state index in [1.165, 1.54) is 12.8 Å². The van der Waals surface area contributed by atoms with Crippen LogP contribution in [0.1, 0.15) is 18.5 Å². The van der Waals surface area contributed by atoms with E-state index in [0.29, 0.717) is 12.5 Å². The highest BCUT2D eigenvalue weighted by molar-refractivity contribution is 14.1. The van der Waals surface area contributed by atoms with Crippen LogP contribution in [0.2, 0.25) is 0 Å². The van der Waals surface area contributed by atoms with Crippen molar-refractivity contribution in [2.45, 2.75) is 24.7 Å². The van der Waals surface area contributed by atoms with Crippen LogP contribution in [-0.4, -0.2) is 44.6 Å². The lowest BCUT2D eigenvalue weighted by Gasteiger charge is -2.17. The largest absolute Gasteiger partial charge is 0.356 e. The van der Waals surface area contributed by atoms with E-state index in [0.717, 1.165) is 28.2 Å². The number of rotatable bonds is 7. The molecule has 0 amide bonds. The van der Waals surface area contributed by atoms with Gasteiger partial charge in [-0.05, 0) is 66.6 Å². The molecule has 1 aromatic heterocycles. The summed E-state index contributed by atoms with van der Waals surface area (Å²) < 4.78 is 28.1. The second-order valence-corrected chi connectivity index (χ2v) is 9.18. The molecular weight excluding hydrogens is 465 g/mol. The van der Waals surface area contributed by atoms with Gasteiger partial charge < -0.3 is 10.2 Å². The molecule has 3 rings (SSSR count). The zero-order valence-electron chi connectivity index (χ0n) is 14.6. The summed E-state index contributed by atoms with van der Waals surface area (Å²) in [6.45, 7) is 4.64. The van der Waals surface area contributed by atoms with Gasteiger partial charge in [0.1, 0.15) is 5.82 Å². The predicted octanol–water partition coefficient (Wildman–Crippen LogP) is 2.38. The average molecular weight is 487 g/mol. The van der Waals surface area contributed by atoms with Crippen molar-refractivity contribution in [2.75, 3.05) is 36.4 Å². The fraction of sp³-hybridized carbons (Fsp3) is 0.412. The maximum atomic E-state index is 12.3. The van der Waals surface area contributed by atoms with Crippen LogP contribution in [-0.2, 0) is 10.0 Å². The van der Waals surface area contributed by atoms with Gasteiger partial charge in [-0.2, -0.15) is 4.98 Å². The van der Waals surface area contributed by atoms with Gasteiger partial charge in [0.25, 0.3) is 0 Å². The number of sulfonamides is 1. The Morgan fingerprint density at radius 1 is 1.12 bits per heavy atom. The number of aryl methyl sites for hydroxylation is 1. The first kappa shape index (κ1) is 19.3. The molecule has 0 radical (unpaired) electrons. The molecule has 0 atom stereocenters. The number of benzene rings is 1. The molecule has 1 fully saturated rings. The van der Waals surface area contributed by atoms with Crippen molar-refractivity contribution in [3.63, 3.8) is 0 Å². The van der Waals surface area contributed by atoms with Gasteiger partial charge >= 0.3 is 0 Å². The summed E-state index contributed by atoms with van der Waals surface area (Å²) >= 11 is 2.14. The fourth-order valence-corrected chi connectivity index (χ4v) is 4.19. The zero-order chi connectivity index (χ0) is 18.6. The Balaban J connectivity index is 1.55. The molecule has 2 heterocycles. The normalized spacial score (nSPS) is 14.6. The fourth-order valence-electron chi connectivity index (χ4n) is 2.80. The van der Waals surface area contributed by atoms with E-state index in [1.807, 2.05) is 13.0 Å². The number of halogens is 1. The Hall–Kier alpha value is -1.46. The van der Waals surface area contributed by atoms with Gasteiger partial charge in [0.2, 0.25) is 16.0 Å². The second-order valence-electron chi connectivity index (χ2n) is 6.16. The van der Waals surface area contributed by atoms with Gasteiger partial charge in [-0.15, -0.1) is 0 Å². The third kappa shape index (κ3) is 5.04. The summed E-state index contributed by atoms with van der Waals surface area (Å²) in [4.78, 5) is 11.4. The van der Waals surface area contributed by atoms with Crippen molar-refractivity contribution in [2.24, 2.45) is 0 Å². The van der Waals surface area contributed by atoms with Gasteiger partial charge in [0.05, 0.1) is 4.90 Å². The Labute approximate surface area is 167 Å². The molecule has 1 aromatic carbocycles. The first-order valence-corrected chi connectivity index (χ1v) is 11.1. The first-order chi connectivity index (χ1) is 12.4. The molecule has 2 aromatic rings. The molecule has 140 valence electrons. The van der Waals surface area contributed by atoms with Crippen LogP contribution in [0.3, 0.4) is 0 Å². The van der Waals surface area contributed by atoms with Crippen LogP contribution in [0.15, 0.2) is 35.2 Å². The van der Waals surface area contributed by atoms with Gasteiger partial charge in [-0.3, -0.25) is 0 Å². The Morgan fingerprint density at radius 2 is 1.81 bits per heavy atom. The van der Waals surface area contributed by atoms with E-state index in [2.05, 4.69) is 47.5 Å². The van der Waals surface area contributed by atoms with Crippen molar-refractivity contribution in [3.8, 4) is 0 Å². The molecule has 1 aliphatic heterocycles. The molecule has 26 heavy (non-hydrogen) atoms. The number of anilines is 2. The van der Waals surface area contributed by atoms with Crippen LogP contribution in [0.25, 0.3) is 0 Å². The monoisotopic (exact) mass is 487 g/mol. The maximum absolute atomic E-state index is 12.3. The summed E-state index contributed by atoms with van der Waals surface area (Å²) in [5.74, 6) is 1.46. The summed E-state index contributed by atoms with van der Waals surface area (Å²) in [6.07, 6.45) is 2.37. The number of aromatic nitrogens is 2. The number of nitrogens with zero attached hydrogens (tertiary/aromatic N) is 3. The summed E-state index contributed by atoms with van der Waals surface area (Å²) in [7, 11) is -3.50. The minimum Gasteiger partial charge on any atom is -0.356 e. The molecule has 7 nitrogen and oxygen atoms in total. The van der Waals surface area contributed by atoms with Crippen molar-refractivity contribution >= 4 is 44.4 Å². The maximum Gasteiger partial charge on any atom is 0.240 e. The lowest BCUT2D eigenvalue weighted by Crippen LogP contribution is -2.29. The van der Waals surface area contributed by atoms with E-state index < -0.39 is 10.0 Å². The lowest BCUT2D eigenvalue weighted by molar-refractivity contribution is 0.583. The third-order valence-electron chi connectivity index (χ3n) is 4.09. The molecule has 1 saturated heterocycles. The number of hydrogen-bond donors (Lipinski definition) is 2. The number of nitrogens with one attached hydrogen (secondary N) is 2. The van der Waals surface area contributed by atoms with Gasteiger partial charge in [0.15, 0.2) is 0 Å². The first-order valence-electron chi connectivity index (χ1n) is 8.54. The van der Waals surface area contributed by atoms with Crippen molar-refractivity contribution in [1.82, 2.24) is 14.7 Å². The van der Waals surface area contributed by atoms with Crippen molar-refractivity contribution < 1.29 is 8.42 Å². The quantitative estimate of drug-likeness (QED) is 0.461. The summed E-state index contributed by atoms with van der Waals surface area (Å²) in [5, 5.41) is 3.11. The van der Waals surface area contributed by atoms with Crippen LogP contribution < -0.4 is 14.9 Å². The van der Waals surface area contributed by atoms with E-state index in [4.69, 9.17) is 0 Å². The molecule has 0 saturated carbocycles. The zero-order valence-corrected chi connectivity index (χ0v) is 17.5. The average Bonchev–Trinajstić information content (AvgIpc) is 3.13. The minimum atomic E-state index is -3.50. The van der Waals surface area contributed by atoms with Crippen molar-refractivity contribution in [1.29, 1.82) is 0 Å². The standard InChI is InChI=1S/C17H22IN5O2S/c1-13-12-16(23-10-2-3-11-23)22-17(21-13)19-8-9-20-26(24,25)15-6-4-14(18)5-7-15/h4-7,12,20H,2-3,8-11H2,1H3,(H,19,21,22). The van der Waals surface area contributed by atoms with Gasteiger partial charge in [-0.1, -0.05) is 0 Å². The topological polar surface area (TPSA) is 87.2 Å². The van der Waals surface area contributed by atoms with Gasteiger partial charge in [-0.25, -0.2) is 18.1 Å². The van der Waals surface area contributed by atoms with Crippen LogP contribution in [0.4, 0.5) is 11.8 Å². The molecule has 0 aliphatic carbocycles. The highest BCUT2D eigenvalue weighted by Gasteiger charge is 2.15. The van der Waals surface area contributed by atoms with Crippen LogP contribution >= 0.6 is 22.6 Å². The molecule has 0 unspecified atom stereocenters. The molecule has 2 N–H and O–H groups in total. The molecule has 0 bridgehead atoms. The summed E-state index contributed by atoms with van der Waals surface area (Å²) in [6, 6.07) is 8.73. The highest BCUT2D eigenvalue weighted by Crippen LogP contribution is 2.19.